The van der Waals surface area contributed by atoms with Crippen LogP contribution in [-0.2, 0) is 6.54 Å². The molecule has 0 aliphatic heterocycles. The Kier molecular flexibility index (Phi) is 4.40. The summed E-state index contributed by atoms with van der Waals surface area (Å²) < 4.78 is 2.11. The largest absolute Gasteiger partial charge is 0.385 e. The summed E-state index contributed by atoms with van der Waals surface area (Å²) >= 11 is 0. The fourth-order valence-electron chi connectivity index (χ4n) is 2.07. The first kappa shape index (κ1) is 12.7. The third kappa shape index (κ3) is 3.36. The van der Waals surface area contributed by atoms with E-state index in [0.717, 1.165) is 19.5 Å². The van der Waals surface area contributed by atoms with Gasteiger partial charge >= 0.3 is 0 Å². The smallest absolute Gasteiger partial charge is 0.0945 e. The molecule has 2 rings (SSSR count). The summed E-state index contributed by atoms with van der Waals surface area (Å²) in [7, 11) is 0. The minimum Gasteiger partial charge on any atom is -0.385 e. The van der Waals surface area contributed by atoms with Crippen LogP contribution in [0, 0.1) is 0 Å². The molecule has 0 amide bonds. The van der Waals surface area contributed by atoms with Crippen LogP contribution in [0.15, 0.2) is 43.0 Å². The predicted octanol–water partition coefficient (Wildman–Crippen LogP) is 3.51. The molecule has 2 aromatic rings. The summed E-state index contributed by atoms with van der Waals surface area (Å²) in [6.07, 6.45) is 6.79. The fraction of sp³-hybridized carbons (Fsp3) is 0.400. The number of benzene rings is 1. The first-order valence-corrected chi connectivity index (χ1v) is 6.56. The van der Waals surface area contributed by atoms with Gasteiger partial charge in [-0.15, -0.1) is 0 Å². The predicted molar refractivity (Wildman–Crippen MR) is 75.9 cm³/mol. The highest BCUT2D eigenvalue weighted by atomic mass is 15.0. The van der Waals surface area contributed by atoms with Crippen molar-refractivity contribution < 1.29 is 0 Å². The molecule has 3 nitrogen and oxygen atoms in total. The van der Waals surface area contributed by atoms with Gasteiger partial charge in [0.2, 0.25) is 0 Å². The Morgan fingerprint density at radius 2 is 2.11 bits per heavy atom. The van der Waals surface area contributed by atoms with Crippen LogP contribution < -0.4 is 5.32 Å². The fourth-order valence-corrected chi connectivity index (χ4v) is 2.07. The highest BCUT2D eigenvalue weighted by Crippen LogP contribution is 2.23. The van der Waals surface area contributed by atoms with Crippen LogP contribution >= 0.6 is 0 Å². The number of hydrogen-bond acceptors (Lipinski definition) is 2. The Bertz CT molecular complexity index is 460. The van der Waals surface area contributed by atoms with E-state index >= 15 is 0 Å². The van der Waals surface area contributed by atoms with Gasteiger partial charge in [-0.05, 0) is 24.0 Å². The van der Waals surface area contributed by atoms with Gasteiger partial charge in [0.05, 0.1) is 6.33 Å². The number of hydrogen-bond donors (Lipinski definition) is 1. The number of anilines is 1. The van der Waals surface area contributed by atoms with Gasteiger partial charge in [-0.25, -0.2) is 4.98 Å². The van der Waals surface area contributed by atoms with Gasteiger partial charge in [-0.1, -0.05) is 32.0 Å². The van der Waals surface area contributed by atoms with Crippen molar-refractivity contribution in [3.63, 3.8) is 0 Å². The van der Waals surface area contributed by atoms with Crippen LogP contribution in [0.2, 0.25) is 0 Å². The van der Waals surface area contributed by atoms with E-state index in [9.17, 15) is 0 Å². The molecule has 0 aliphatic carbocycles. The molecule has 0 aliphatic rings. The van der Waals surface area contributed by atoms with E-state index in [1.54, 1.807) is 0 Å². The van der Waals surface area contributed by atoms with Crippen LogP contribution in [0.5, 0.6) is 0 Å². The van der Waals surface area contributed by atoms with E-state index in [2.05, 4.69) is 53.0 Å². The quantitative estimate of drug-likeness (QED) is 0.787. The zero-order chi connectivity index (χ0) is 12.8. The van der Waals surface area contributed by atoms with Crippen molar-refractivity contribution in [1.82, 2.24) is 9.55 Å². The summed E-state index contributed by atoms with van der Waals surface area (Å²) in [5.74, 6) is 0.558. The Balaban J connectivity index is 1.83. The molecular formula is C15H21N3. The highest BCUT2D eigenvalue weighted by Gasteiger charge is 2.04. The minimum absolute atomic E-state index is 0.558. The van der Waals surface area contributed by atoms with Crippen LogP contribution in [0.4, 0.5) is 5.69 Å². The molecule has 1 N–H and O–H groups in total. The lowest BCUT2D eigenvalue weighted by Crippen LogP contribution is -2.07. The average molecular weight is 243 g/mol. The maximum atomic E-state index is 4.04. The summed E-state index contributed by atoms with van der Waals surface area (Å²) in [4.78, 5) is 4.04. The second-order valence-corrected chi connectivity index (χ2v) is 4.82. The number of imidazole rings is 1. The lowest BCUT2D eigenvalue weighted by atomic mass is 10.0. The van der Waals surface area contributed by atoms with Crippen molar-refractivity contribution >= 4 is 5.69 Å². The number of nitrogens with zero attached hydrogens (tertiary/aromatic N) is 2. The molecule has 0 saturated heterocycles. The van der Waals surface area contributed by atoms with Gasteiger partial charge in [0.15, 0.2) is 0 Å². The Hall–Kier alpha value is -1.77. The SMILES string of the molecule is CC(C)c1ccccc1NCCCn1ccnc1. The molecular weight excluding hydrogens is 222 g/mol. The van der Waals surface area contributed by atoms with Crippen molar-refractivity contribution in [3.8, 4) is 0 Å². The molecule has 1 aromatic heterocycles. The number of aryl methyl sites for hydroxylation is 1. The van der Waals surface area contributed by atoms with Gasteiger partial charge in [0.25, 0.3) is 0 Å². The second kappa shape index (κ2) is 6.24. The van der Waals surface area contributed by atoms with Crippen molar-refractivity contribution in [1.29, 1.82) is 0 Å². The van der Waals surface area contributed by atoms with Crippen LogP contribution in [-0.4, -0.2) is 16.1 Å². The molecule has 0 spiro atoms. The molecule has 3 heteroatoms. The van der Waals surface area contributed by atoms with Gasteiger partial charge < -0.3 is 9.88 Å². The van der Waals surface area contributed by atoms with E-state index < -0.39 is 0 Å². The second-order valence-electron chi connectivity index (χ2n) is 4.82. The average Bonchev–Trinajstić information content (AvgIpc) is 2.88. The summed E-state index contributed by atoms with van der Waals surface area (Å²) in [5, 5.41) is 3.52. The molecule has 0 bridgehead atoms. The van der Waals surface area contributed by atoms with Crippen molar-refractivity contribution in [2.45, 2.75) is 32.7 Å². The normalized spacial score (nSPS) is 10.8. The maximum Gasteiger partial charge on any atom is 0.0945 e. The molecule has 0 fully saturated rings. The zero-order valence-corrected chi connectivity index (χ0v) is 11.1. The first-order chi connectivity index (χ1) is 8.77. The molecule has 0 saturated carbocycles. The summed E-state index contributed by atoms with van der Waals surface area (Å²) in [6.45, 7) is 6.46. The van der Waals surface area contributed by atoms with Crippen LogP contribution in [0.25, 0.3) is 0 Å². The van der Waals surface area contributed by atoms with Crippen molar-refractivity contribution in [3.05, 3.63) is 48.5 Å². The third-order valence-corrected chi connectivity index (χ3v) is 3.05. The van der Waals surface area contributed by atoms with E-state index in [0.29, 0.717) is 5.92 Å². The molecule has 0 atom stereocenters. The topological polar surface area (TPSA) is 29.9 Å². The van der Waals surface area contributed by atoms with Crippen LogP contribution in [0.3, 0.4) is 0 Å². The van der Waals surface area contributed by atoms with Crippen LogP contribution in [0.1, 0.15) is 31.7 Å². The van der Waals surface area contributed by atoms with Gasteiger partial charge in [-0.3, -0.25) is 0 Å². The first-order valence-electron chi connectivity index (χ1n) is 6.56. The van der Waals surface area contributed by atoms with Crippen molar-refractivity contribution in [2.75, 3.05) is 11.9 Å². The lowest BCUT2D eigenvalue weighted by molar-refractivity contribution is 0.660. The van der Waals surface area contributed by atoms with E-state index in [-0.39, 0.29) is 0 Å². The van der Waals surface area contributed by atoms with Gasteiger partial charge in [0, 0.05) is 31.2 Å². The monoisotopic (exact) mass is 243 g/mol. The molecule has 0 radical (unpaired) electrons. The maximum absolute atomic E-state index is 4.04. The number of nitrogens with one attached hydrogen (secondary N) is 1. The Labute approximate surface area is 109 Å². The van der Waals surface area contributed by atoms with Gasteiger partial charge in [0.1, 0.15) is 0 Å². The Morgan fingerprint density at radius 3 is 2.83 bits per heavy atom. The van der Waals surface area contributed by atoms with E-state index in [1.165, 1.54) is 11.3 Å². The third-order valence-electron chi connectivity index (χ3n) is 3.05. The number of aromatic nitrogens is 2. The van der Waals surface area contributed by atoms with E-state index in [1.807, 2.05) is 18.7 Å². The Morgan fingerprint density at radius 1 is 1.28 bits per heavy atom. The van der Waals surface area contributed by atoms with E-state index in [4.69, 9.17) is 0 Å². The number of rotatable bonds is 6. The number of para-hydroxylation sites is 1. The summed E-state index contributed by atoms with van der Waals surface area (Å²) in [6, 6.07) is 8.55. The molecule has 96 valence electrons. The molecule has 1 heterocycles. The zero-order valence-electron chi connectivity index (χ0n) is 11.1. The minimum atomic E-state index is 0.558. The highest BCUT2D eigenvalue weighted by molar-refractivity contribution is 5.52. The lowest BCUT2D eigenvalue weighted by Gasteiger charge is -2.14. The molecule has 0 unspecified atom stereocenters. The van der Waals surface area contributed by atoms with Gasteiger partial charge in [-0.2, -0.15) is 0 Å². The molecule has 18 heavy (non-hydrogen) atoms. The summed E-state index contributed by atoms with van der Waals surface area (Å²) in [5.41, 5.74) is 2.65. The van der Waals surface area contributed by atoms with Crippen molar-refractivity contribution in [2.24, 2.45) is 0 Å². The molecule has 1 aromatic carbocycles. The standard InChI is InChI=1S/C15H21N3/c1-13(2)14-6-3-4-7-15(14)17-8-5-10-18-11-9-16-12-18/h3-4,6-7,9,11-13,17H,5,8,10H2,1-2H3.